The Hall–Kier alpha value is -9.65. The summed E-state index contributed by atoms with van der Waals surface area (Å²) in [6.45, 7) is 7.29. The minimum absolute atomic E-state index is 0.00682. The number of hydrogen-bond donors (Lipinski definition) is 23. The van der Waals surface area contributed by atoms with E-state index in [-0.39, 0.29) is 89.9 Å². The monoisotopic (exact) mass is 1330 g/mol. The van der Waals surface area contributed by atoms with Crippen LogP contribution >= 0.6 is 0 Å². The van der Waals surface area contributed by atoms with E-state index in [0.717, 1.165) is 0 Å². The van der Waals surface area contributed by atoms with E-state index in [1.807, 2.05) is 0 Å². The van der Waals surface area contributed by atoms with E-state index >= 15 is 0 Å². The van der Waals surface area contributed by atoms with Crippen LogP contribution in [0.3, 0.4) is 0 Å². The molecule has 0 aromatic rings. The zero-order valence-corrected chi connectivity index (χ0v) is 52.9. The maximum absolute atomic E-state index is 14.3. The first-order chi connectivity index (χ1) is 43.6. The number of nitrogens with one attached hydrogen (secondary N) is 15. The number of rotatable bonds is 45. The molecule has 10 atom stereocenters. The largest absolute Gasteiger partial charge is 0.481 e. The molecule has 1 saturated heterocycles. The third kappa shape index (κ3) is 33.3. The number of aliphatic carboxylic acids is 4. The maximum Gasteiger partial charge on any atom is 0.326 e. The lowest BCUT2D eigenvalue weighted by molar-refractivity contribution is -0.142. The van der Waals surface area contributed by atoms with E-state index in [2.05, 4.69) is 63.8 Å². The molecule has 0 unspecified atom stereocenters. The summed E-state index contributed by atoms with van der Waals surface area (Å²) in [6, 6.07) is -15.9. The molecule has 10 amide bonds. The van der Waals surface area contributed by atoms with Crippen molar-refractivity contribution in [3.8, 4) is 0 Å². The Morgan fingerprint density at radius 2 is 0.710 bits per heavy atom. The van der Waals surface area contributed by atoms with Crippen LogP contribution in [0.5, 0.6) is 0 Å². The van der Waals surface area contributed by atoms with Gasteiger partial charge in [0.25, 0.3) is 0 Å². The lowest BCUT2D eigenvalue weighted by atomic mass is 10.0. The van der Waals surface area contributed by atoms with Crippen molar-refractivity contribution in [3.63, 3.8) is 0 Å². The lowest BCUT2D eigenvalue weighted by Crippen LogP contribution is -2.61. The molecule has 93 heavy (non-hydrogen) atoms. The summed E-state index contributed by atoms with van der Waals surface area (Å²) in [4.78, 5) is 187. The van der Waals surface area contributed by atoms with Crippen LogP contribution in [0.2, 0.25) is 0 Å². The number of likely N-dealkylation sites (tertiary alicyclic amines) is 1. The van der Waals surface area contributed by atoms with E-state index in [1.54, 1.807) is 27.7 Å². The van der Waals surface area contributed by atoms with Gasteiger partial charge < -0.3 is 111 Å². The van der Waals surface area contributed by atoms with Gasteiger partial charge >= 0.3 is 23.9 Å². The van der Waals surface area contributed by atoms with Crippen molar-refractivity contribution >= 4 is 101 Å². The highest BCUT2D eigenvalue weighted by Gasteiger charge is 2.38. The third-order valence-electron chi connectivity index (χ3n) is 14.1. The van der Waals surface area contributed by atoms with Gasteiger partial charge in [0.1, 0.15) is 60.4 Å². The van der Waals surface area contributed by atoms with Gasteiger partial charge in [0.15, 0.2) is 17.9 Å². The Balaban J connectivity index is 3.66. The average molecular weight is 1330 g/mol. The highest BCUT2D eigenvalue weighted by molar-refractivity contribution is 5.99. The molecule has 0 aliphatic carbocycles. The topological polar surface area (TPSA) is 637 Å². The first kappa shape index (κ1) is 81.4. The molecule has 1 aliphatic heterocycles. The number of carboxylic acids is 4. The molecule has 38 heteroatoms. The van der Waals surface area contributed by atoms with Gasteiger partial charge in [-0.15, -0.1) is 0 Å². The molecule has 1 aliphatic rings. The Bertz CT molecular complexity index is 2650. The summed E-state index contributed by atoms with van der Waals surface area (Å²) >= 11 is 0. The number of aliphatic hydroxyl groups excluding tert-OH is 1. The van der Waals surface area contributed by atoms with Crippen LogP contribution in [0.15, 0.2) is 0 Å². The fourth-order valence-corrected chi connectivity index (χ4v) is 9.46. The number of nitrogens with two attached hydrogens (primary N) is 3. The number of guanidine groups is 3. The predicted octanol–water partition coefficient (Wildman–Crippen LogP) is -6.09. The van der Waals surface area contributed by atoms with Gasteiger partial charge in [-0.3, -0.25) is 78.6 Å². The van der Waals surface area contributed by atoms with Gasteiger partial charge in [-0.2, -0.15) is 0 Å². The minimum atomic E-state index is -1.93. The second-order valence-corrected chi connectivity index (χ2v) is 22.9. The van der Waals surface area contributed by atoms with Crippen molar-refractivity contribution in [1.82, 2.24) is 68.7 Å². The number of amides is 10. The number of hydrogen-bond acceptors (Lipinski definition) is 18. The lowest BCUT2D eigenvalue weighted by Gasteiger charge is -2.29. The SMILES string of the molecule is CC(=O)N1CCC[C@H]1C(=O)N[C@@H](CO)C(=O)N[C@@H](CCCNC(=N)N)C(=O)N[C@@H](CC(C)C)C(=O)N[C@@H](CCC(=O)O)C(=O)N[C@@H](CCC(=O)O)C(=O)N[C@@H](CCC(=O)O)C(=O)N[C@@H](CC(C)C)C(=O)N[C@@H](CCCNC(=N)N)C(=O)N[C@@H](CCCNC(=N)N)C(=O)O. The normalized spacial score (nSPS) is 15.5. The molecule has 524 valence electrons. The summed E-state index contributed by atoms with van der Waals surface area (Å²) in [5, 5.41) is 100. The molecule has 0 aromatic heterocycles. The molecule has 1 rings (SSSR count). The van der Waals surface area contributed by atoms with Crippen LogP contribution in [-0.2, 0) is 67.1 Å². The van der Waals surface area contributed by atoms with E-state index in [9.17, 15) is 92.7 Å². The van der Waals surface area contributed by atoms with E-state index in [0.29, 0.717) is 6.42 Å². The average Bonchev–Trinajstić information content (AvgIpc) is 1.91. The maximum atomic E-state index is 14.3. The molecule has 0 saturated carbocycles. The van der Waals surface area contributed by atoms with Crippen molar-refractivity contribution in [2.75, 3.05) is 32.8 Å². The molecular weight excluding hydrogens is 1230 g/mol. The molecule has 0 aromatic carbocycles. The summed E-state index contributed by atoms with van der Waals surface area (Å²) in [5.41, 5.74) is 16.1. The fraction of sp³-hybridized carbons (Fsp3) is 0.691. The number of nitrogens with zero attached hydrogens (tertiary/aromatic N) is 1. The molecule has 0 bridgehead atoms. The van der Waals surface area contributed by atoms with Crippen molar-refractivity contribution in [1.29, 1.82) is 16.2 Å². The van der Waals surface area contributed by atoms with Crippen LogP contribution in [0.1, 0.15) is 137 Å². The molecular formula is C55H95N19O19. The highest BCUT2D eigenvalue weighted by atomic mass is 16.4. The first-order valence-electron chi connectivity index (χ1n) is 30.3. The Morgan fingerprint density at radius 1 is 0.430 bits per heavy atom. The summed E-state index contributed by atoms with van der Waals surface area (Å²) in [6.07, 6.45) is -4.40. The summed E-state index contributed by atoms with van der Waals surface area (Å²) < 4.78 is 0. The van der Waals surface area contributed by atoms with Crippen LogP contribution in [0, 0.1) is 28.1 Å². The van der Waals surface area contributed by atoms with Gasteiger partial charge in [0.05, 0.1) is 6.61 Å². The van der Waals surface area contributed by atoms with Gasteiger partial charge in [-0.25, -0.2) is 4.79 Å². The van der Waals surface area contributed by atoms with Gasteiger partial charge in [0, 0.05) is 52.4 Å². The molecule has 0 spiro atoms. The van der Waals surface area contributed by atoms with Gasteiger partial charge in [0.2, 0.25) is 59.1 Å². The van der Waals surface area contributed by atoms with E-state index < -0.39 is 212 Å². The van der Waals surface area contributed by atoms with Gasteiger partial charge in [-0.1, -0.05) is 27.7 Å². The van der Waals surface area contributed by atoms with Crippen LogP contribution in [0.4, 0.5) is 0 Å². The zero-order chi connectivity index (χ0) is 70.7. The van der Waals surface area contributed by atoms with Crippen molar-refractivity contribution in [2.24, 2.45) is 29.0 Å². The Kier molecular flexibility index (Phi) is 37.1. The molecule has 26 N–H and O–H groups in total. The second kappa shape index (κ2) is 42.4. The third-order valence-corrected chi connectivity index (χ3v) is 14.1. The number of carbonyl (C=O) groups is 14. The molecule has 38 nitrogen and oxygen atoms in total. The molecule has 1 heterocycles. The standard InChI is InChI=1S/C55H95N19O19/c1-27(2)24-36(48(88)65-30(10-6-20-62-53(56)57)43(83)70-35(52(92)93)12-8-22-64-55(60)61)72-47(87)34(16-19-42(81)82)68-45(85)32(14-17-40(77)78)67-46(86)33(15-18-41(79)80)69-49(89)37(25-28(3)4)71-44(84)31(11-7-21-63-54(58)59)66-50(90)38(26-75)73-51(91)39-13-9-23-74(39)29(5)76/h27-28,30-39,75H,6-26H2,1-5H3,(H,65,88)(H,66,90)(H,67,86)(H,68,85)(H,69,89)(H,70,83)(H,71,84)(H,72,87)(H,73,91)(H,77,78)(H,79,80)(H,81,82)(H,92,93)(H4,56,57,62)(H4,58,59,63)(H4,60,61,64)/t30-,31-,32-,33-,34-,35-,36-,37-,38-,39-/m0/s1. The molecule has 0 radical (unpaired) electrons. The van der Waals surface area contributed by atoms with E-state index in [4.69, 9.17) is 33.4 Å². The number of carboxylic acid groups (broad SMARTS) is 4. The minimum Gasteiger partial charge on any atom is -0.481 e. The van der Waals surface area contributed by atoms with Crippen molar-refractivity contribution in [3.05, 3.63) is 0 Å². The quantitative estimate of drug-likeness (QED) is 0.0153. The second-order valence-electron chi connectivity index (χ2n) is 22.9. The van der Waals surface area contributed by atoms with Crippen LogP contribution in [-0.4, -0.2) is 224 Å². The van der Waals surface area contributed by atoms with Gasteiger partial charge in [-0.05, 0) is 95.3 Å². The van der Waals surface area contributed by atoms with Crippen molar-refractivity contribution in [2.45, 2.75) is 198 Å². The highest BCUT2D eigenvalue weighted by Crippen LogP contribution is 2.18. The summed E-state index contributed by atoms with van der Waals surface area (Å²) in [5.74, 6) is -18.0. The van der Waals surface area contributed by atoms with Crippen LogP contribution in [0.25, 0.3) is 0 Å². The first-order valence-corrected chi connectivity index (χ1v) is 30.3. The van der Waals surface area contributed by atoms with E-state index in [1.165, 1.54) is 11.8 Å². The molecule has 1 fully saturated rings. The number of aliphatic hydroxyl groups is 1. The summed E-state index contributed by atoms with van der Waals surface area (Å²) in [7, 11) is 0. The Morgan fingerprint density at radius 3 is 0.989 bits per heavy atom. The fourth-order valence-electron chi connectivity index (χ4n) is 9.46. The smallest absolute Gasteiger partial charge is 0.326 e. The number of carbonyl (C=O) groups excluding carboxylic acids is 10. The van der Waals surface area contributed by atoms with Crippen LogP contribution < -0.4 is 81.0 Å². The zero-order valence-electron chi connectivity index (χ0n) is 52.9. The predicted molar refractivity (Wildman–Crippen MR) is 329 cm³/mol. The Labute approximate surface area is 536 Å². The van der Waals surface area contributed by atoms with Crippen molar-refractivity contribution < 1.29 is 92.7 Å².